The summed E-state index contributed by atoms with van der Waals surface area (Å²) in [5.41, 5.74) is 1.38. The van der Waals surface area contributed by atoms with E-state index in [4.69, 9.17) is 9.47 Å². The molecule has 1 aliphatic rings. The van der Waals surface area contributed by atoms with E-state index in [1.165, 1.54) is 0 Å². The molecule has 4 rings (SSSR count). The lowest BCUT2D eigenvalue weighted by molar-refractivity contribution is -0.118. The molecule has 0 aliphatic carbocycles. The van der Waals surface area contributed by atoms with Gasteiger partial charge in [0.2, 0.25) is 0 Å². The van der Waals surface area contributed by atoms with Crippen LogP contribution in [0.1, 0.15) is 12.7 Å². The summed E-state index contributed by atoms with van der Waals surface area (Å²) in [5.74, 6) is 1.89. The maximum absolute atomic E-state index is 13.6. The molecule has 2 heterocycles. The standard InChI is InChI=1S/C22H24N4O4/c1-22(12-27)19(28)18(20-24-16-7-5-6-8-17(16)25-20)21(23-2)26(22)13-9-14(29-3)11-15(10-13)30-4/h5-11,23,27H,12H2,1-4H3,(H,24,25)/t22-/m0/s1. The predicted octanol–water partition coefficient (Wildman–Crippen LogP) is 2.31. The summed E-state index contributed by atoms with van der Waals surface area (Å²) < 4.78 is 10.8. The Balaban J connectivity index is 1.95. The second-order valence-electron chi connectivity index (χ2n) is 7.24. The number of nitrogens with one attached hydrogen (secondary N) is 2. The lowest BCUT2D eigenvalue weighted by Crippen LogP contribution is -2.51. The van der Waals surface area contributed by atoms with E-state index in [1.807, 2.05) is 24.3 Å². The van der Waals surface area contributed by atoms with E-state index in [1.54, 1.807) is 51.3 Å². The van der Waals surface area contributed by atoms with Gasteiger partial charge in [-0.25, -0.2) is 4.98 Å². The molecule has 1 atom stereocenters. The zero-order chi connectivity index (χ0) is 21.5. The molecule has 0 fully saturated rings. The summed E-state index contributed by atoms with van der Waals surface area (Å²) in [5, 5.41) is 13.4. The number of carbonyl (C=O) groups excluding carboxylic acids is 1. The van der Waals surface area contributed by atoms with Crippen molar-refractivity contribution >= 4 is 28.1 Å². The monoisotopic (exact) mass is 408 g/mol. The van der Waals surface area contributed by atoms with E-state index in [0.717, 1.165) is 11.0 Å². The summed E-state index contributed by atoms with van der Waals surface area (Å²) in [6, 6.07) is 12.9. The van der Waals surface area contributed by atoms with Gasteiger partial charge >= 0.3 is 0 Å². The Hall–Kier alpha value is -3.52. The normalized spacial score (nSPS) is 19.0. The van der Waals surface area contributed by atoms with E-state index in [-0.39, 0.29) is 12.4 Å². The maximum atomic E-state index is 13.6. The first-order valence-corrected chi connectivity index (χ1v) is 9.53. The highest BCUT2D eigenvalue weighted by Gasteiger charge is 2.51. The number of aromatic nitrogens is 2. The van der Waals surface area contributed by atoms with Crippen LogP contribution in [0.5, 0.6) is 11.5 Å². The molecule has 1 aromatic heterocycles. The summed E-state index contributed by atoms with van der Waals surface area (Å²) in [4.78, 5) is 23.2. The zero-order valence-electron chi connectivity index (χ0n) is 17.3. The molecule has 1 aliphatic heterocycles. The van der Waals surface area contributed by atoms with Gasteiger partial charge in [0.15, 0.2) is 5.78 Å². The fraction of sp³-hybridized carbons (Fsp3) is 0.273. The number of ketones is 1. The van der Waals surface area contributed by atoms with Crippen LogP contribution in [0.25, 0.3) is 16.6 Å². The number of Topliss-reactive ketones (excluding diaryl/α,β-unsaturated/α-hetero) is 1. The molecular formula is C22H24N4O4. The average Bonchev–Trinajstić information content (AvgIpc) is 3.30. The van der Waals surface area contributed by atoms with Crippen molar-refractivity contribution in [2.45, 2.75) is 12.5 Å². The van der Waals surface area contributed by atoms with Crippen LogP contribution in [0.15, 0.2) is 48.3 Å². The number of nitrogens with zero attached hydrogens (tertiary/aromatic N) is 2. The van der Waals surface area contributed by atoms with Crippen LogP contribution < -0.4 is 19.7 Å². The first-order valence-electron chi connectivity index (χ1n) is 9.53. The van der Waals surface area contributed by atoms with Gasteiger partial charge in [0.1, 0.15) is 34.3 Å². The van der Waals surface area contributed by atoms with E-state index < -0.39 is 5.54 Å². The van der Waals surface area contributed by atoms with E-state index in [0.29, 0.717) is 34.4 Å². The fourth-order valence-corrected chi connectivity index (χ4v) is 3.84. The highest BCUT2D eigenvalue weighted by atomic mass is 16.5. The molecule has 30 heavy (non-hydrogen) atoms. The Kier molecular flexibility index (Phi) is 4.87. The van der Waals surface area contributed by atoms with Gasteiger partial charge in [-0.3, -0.25) is 4.79 Å². The van der Waals surface area contributed by atoms with Gasteiger partial charge in [0.05, 0.1) is 37.5 Å². The largest absolute Gasteiger partial charge is 0.497 e. The van der Waals surface area contributed by atoms with Gasteiger partial charge in [0.25, 0.3) is 0 Å². The number of aliphatic hydroxyl groups is 1. The SMILES string of the molecule is CNC1=C(c2nc3ccccc3[nH]2)C(=O)[C@](C)(CO)N1c1cc(OC)cc(OC)c1. The van der Waals surface area contributed by atoms with Crippen molar-refractivity contribution in [3.8, 4) is 11.5 Å². The number of ether oxygens (including phenoxy) is 2. The quantitative estimate of drug-likeness (QED) is 0.576. The number of hydrogen-bond donors (Lipinski definition) is 3. The minimum absolute atomic E-state index is 0.241. The number of benzene rings is 2. The summed E-state index contributed by atoms with van der Waals surface area (Å²) >= 11 is 0. The predicted molar refractivity (Wildman–Crippen MR) is 115 cm³/mol. The van der Waals surface area contributed by atoms with Crippen LogP contribution in [0.4, 0.5) is 5.69 Å². The Morgan fingerprint density at radius 1 is 1.17 bits per heavy atom. The molecule has 8 heteroatoms. The molecule has 0 saturated heterocycles. The Morgan fingerprint density at radius 3 is 2.40 bits per heavy atom. The zero-order valence-corrected chi connectivity index (χ0v) is 17.3. The van der Waals surface area contributed by atoms with Crippen LogP contribution in [0.3, 0.4) is 0 Å². The number of rotatable bonds is 6. The highest BCUT2D eigenvalue weighted by Crippen LogP contribution is 2.43. The van der Waals surface area contributed by atoms with Gasteiger partial charge in [-0.15, -0.1) is 0 Å². The lowest BCUT2D eigenvalue weighted by atomic mass is 9.94. The minimum Gasteiger partial charge on any atom is -0.497 e. The van der Waals surface area contributed by atoms with Gasteiger partial charge in [0, 0.05) is 25.2 Å². The van der Waals surface area contributed by atoms with Crippen LogP contribution in [0, 0.1) is 0 Å². The number of anilines is 1. The number of imidazole rings is 1. The van der Waals surface area contributed by atoms with Crippen molar-refractivity contribution in [1.29, 1.82) is 0 Å². The second kappa shape index (κ2) is 7.38. The van der Waals surface area contributed by atoms with E-state index in [2.05, 4.69) is 15.3 Å². The summed E-state index contributed by atoms with van der Waals surface area (Å²) in [6.07, 6.45) is 0. The third kappa shape index (κ3) is 2.88. The van der Waals surface area contributed by atoms with Crippen LogP contribution in [-0.4, -0.2) is 54.3 Å². The fourth-order valence-electron chi connectivity index (χ4n) is 3.84. The first-order chi connectivity index (χ1) is 14.5. The third-order valence-electron chi connectivity index (χ3n) is 5.44. The van der Waals surface area contributed by atoms with Crippen LogP contribution in [0.2, 0.25) is 0 Å². The number of hydrogen-bond acceptors (Lipinski definition) is 7. The molecule has 156 valence electrons. The molecule has 0 saturated carbocycles. The minimum atomic E-state index is -1.23. The molecule has 3 N–H and O–H groups in total. The molecular weight excluding hydrogens is 384 g/mol. The van der Waals surface area contributed by atoms with Crippen molar-refractivity contribution < 1.29 is 19.4 Å². The van der Waals surface area contributed by atoms with Crippen molar-refractivity contribution in [2.75, 3.05) is 32.8 Å². The van der Waals surface area contributed by atoms with Crippen LogP contribution >= 0.6 is 0 Å². The summed E-state index contributed by atoms with van der Waals surface area (Å²) in [7, 11) is 4.86. The Labute approximate surface area is 174 Å². The maximum Gasteiger partial charge on any atom is 0.198 e. The number of fused-ring (bicyclic) bond motifs is 1. The smallest absolute Gasteiger partial charge is 0.198 e. The lowest BCUT2D eigenvalue weighted by Gasteiger charge is -2.36. The number of H-pyrrole nitrogens is 1. The number of aromatic amines is 1. The number of carbonyl (C=O) groups is 1. The molecule has 8 nitrogen and oxygen atoms in total. The van der Waals surface area contributed by atoms with Gasteiger partial charge in [-0.2, -0.15) is 0 Å². The Morgan fingerprint density at radius 2 is 1.83 bits per heavy atom. The molecule has 0 bridgehead atoms. The van der Waals surface area contributed by atoms with Crippen LogP contribution in [-0.2, 0) is 4.79 Å². The van der Waals surface area contributed by atoms with Gasteiger partial charge in [-0.1, -0.05) is 12.1 Å². The highest BCUT2D eigenvalue weighted by molar-refractivity contribution is 6.30. The van der Waals surface area contributed by atoms with Crippen molar-refractivity contribution in [3.05, 3.63) is 54.1 Å². The first kappa shape index (κ1) is 19.8. The number of para-hydroxylation sites is 2. The van der Waals surface area contributed by atoms with Gasteiger partial charge in [-0.05, 0) is 19.1 Å². The number of aliphatic hydroxyl groups excluding tert-OH is 1. The number of methoxy groups -OCH3 is 2. The molecule has 2 aromatic carbocycles. The molecule has 3 aromatic rings. The van der Waals surface area contributed by atoms with Crippen molar-refractivity contribution in [3.63, 3.8) is 0 Å². The topological polar surface area (TPSA) is 99.7 Å². The van der Waals surface area contributed by atoms with Crippen molar-refractivity contribution in [1.82, 2.24) is 15.3 Å². The average molecular weight is 408 g/mol. The Bertz CT molecular complexity index is 1100. The second-order valence-corrected chi connectivity index (χ2v) is 7.24. The van der Waals surface area contributed by atoms with Gasteiger partial charge < -0.3 is 29.8 Å². The van der Waals surface area contributed by atoms with Crippen molar-refractivity contribution in [2.24, 2.45) is 0 Å². The molecule has 0 radical (unpaired) electrons. The molecule has 0 unspecified atom stereocenters. The van der Waals surface area contributed by atoms with E-state index >= 15 is 0 Å². The summed E-state index contributed by atoms with van der Waals surface area (Å²) in [6.45, 7) is 1.31. The molecule has 0 spiro atoms. The third-order valence-corrected chi connectivity index (χ3v) is 5.44. The molecule has 0 amide bonds. The van der Waals surface area contributed by atoms with E-state index in [9.17, 15) is 9.90 Å².